The van der Waals surface area contributed by atoms with Crippen molar-refractivity contribution in [3.63, 3.8) is 0 Å². The maximum atomic E-state index is 13.6. The summed E-state index contributed by atoms with van der Waals surface area (Å²) in [4.78, 5) is 4.35. The minimum Gasteiger partial charge on any atom is -0.489 e. The number of aromatic nitrogens is 1. The van der Waals surface area contributed by atoms with E-state index in [1.54, 1.807) is 29.5 Å². The van der Waals surface area contributed by atoms with Gasteiger partial charge in [-0.05, 0) is 30.2 Å². The second-order valence-electron chi connectivity index (χ2n) is 5.53. The maximum absolute atomic E-state index is 13.6. The predicted octanol–water partition coefficient (Wildman–Crippen LogP) is 4.15. The molecule has 0 saturated heterocycles. The normalized spacial score (nSPS) is 12.1. The summed E-state index contributed by atoms with van der Waals surface area (Å²) in [7, 11) is 0. The van der Waals surface area contributed by atoms with E-state index >= 15 is 0 Å². The Morgan fingerprint density at radius 2 is 1.92 bits per heavy atom. The third kappa shape index (κ3) is 4.19. The summed E-state index contributed by atoms with van der Waals surface area (Å²) in [6.45, 7) is 0.787. The monoisotopic (exact) mass is 342 g/mol. The second-order valence-corrected chi connectivity index (χ2v) is 6.46. The Balaban J connectivity index is 1.60. The number of ether oxygens (including phenoxy) is 1. The Morgan fingerprint density at radius 3 is 2.58 bits per heavy atom. The minimum atomic E-state index is -0.247. The van der Waals surface area contributed by atoms with Gasteiger partial charge in [0.15, 0.2) is 0 Å². The quantitative estimate of drug-likeness (QED) is 0.702. The van der Waals surface area contributed by atoms with Gasteiger partial charge in [-0.25, -0.2) is 9.37 Å². The fourth-order valence-corrected chi connectivity index (χ4v) is 3.25. The number of thiazole rings is 1. The largest absolute Gasteiger partial charge is 0.489 e. The van der Waals surface area contributed by atoms with Crippen molar-refractivity contribution in [3.8, 4) is 5.75 Å². The van der Waals surface area contributed by atoms with E-state index < -0.39 is 0 Å². The van der Waals surface area contributed by atoms with Crippen molar-refractivity contribution in [2.75, 3.05) is 6.54 Å². The van der Waals surface area contributed by atoms with E-state index in [-0.39, 0.29) is 18.3 Å². The lowest BCUT2D eigenvalue weighted by atomic mass is 10.00. The van der Waals surface area contributed by atoms with Crippen LogP contribution in [0.2, 0.25) is 0 Å². The number of nitrogens with zero attached hydrogens (tertiary/aromatic N) is 1. The Bertz CT molecular complexity index is 759. The van der Waals surface area contributed by atoms with Gasteiger partial charge in [-0.2, -0.15) is 0 Å². The smallest absolute Gasteiger partial charge is 0.129 e. The molecule has 0 fully saturated rings. The van der Waals surface area contributed by atoms with Crippen molar-refractivity contribution < 1.29 is 9.13 Å². The number of hydrogen-bond donors (Lipinski definition) is 1. The summed E-state index contributed by atoms with van der Waals surface area (Å²) in [6.07, 6.45) is 2.65. The van der Waals surface area contributed by atoms with Crippen LogP contribution in [0.5, 0.6) is 5.75 Å². The molecule has 24 heavy (non-hydrogen) atoms. The van der Waals surface area contributed by atoms with Gasteiger partial charge in [0.25, 0.3) is 0 Å². The van der Waals surface area contributed by atoms with Gasteiger partial charge in [0.2, 0.25) is 0 Å². The maximum Gasteiger partial charge on any atom is 0.129 e. The molecule has 0 radical (unpaired) electrons. The highest BCUT2D eigenvalue weighted by Crippen LogP contribution is 2.23. The van der Waals surface area contributed by atoms with Crippen molar-refractivity contribution in [1.29, 1.82) is 0 Å². The van der Waals surface area contributed by atoms with Gasteiger partial charge in [-0.1, -0.05) is 30.3 Å². The van der Waals surface area contributed by atoms with Crippen LogP contribution in [0.3, 0.4) is 0 Å². The molecule has 0 aliphatic rings. The third-order valence-electron chi connectivity index (χ3n) is 3.84. The first-order valence-electron chi connectivity index (χ1n) is 7.81. The molecule has 0 saturated carbocycles. The molecule has 0 bridgehead atoms. The van der Waals surface area contributed by atoms with Gasteiger partial charge in [0, 0.05) is 29.6 Å². The predicted molar refractivity (Wildman–Crippen MR) is 94.8 cm³/mol. The summed E-state index contributed by atoms with van der Waals surface area (Å²) in [6, 6.07) is 14.5. The van der Waals surface area contributed by atoms with Gasteiger partial charge in [-0.15, -0.1) is 11.3 Å². The van der Waals surface area contributed by atoms with Crippen molar-refractivity contribution >= 4 is 11.3 Å². The summed E-state index contributed by atoms with van der Waals surface area (Å²) in [5, 5.41) is 3.04. The number of nitrogens with two attached hydrogens (primary N) is 1. The molecule has 0 aliphatic carbocycles. The Hall–Kier alpha value is -2.24. The third-order valence-corrected chi connectivity index (χ3v) is 4.78. The van der Waals surface area contributed by atoms with Crippen molar-refractivity contribution in [1.82, 2.24) is 4.98 Å². The SMILES string of the molecule is NCC(Cc1ccc(OCc2ccccc2F)cc1)c1nccs1. The summed E-state index contributed by atoms with van der Waals surface area (Å²) in [5.74, 6) is 0.707. The van der Waals surface area contributed by atoms with E-state index in [2.05, 4.69) is 4.98 Å². The van der Waals surface area contributed by atoms with Crippen LogP contribution in [0, 0.1) is 5.82 Å². The standard InChI is InChI=1S/C19H19FN2OS/c20-18-4-2-1-3-15(18)13-23-17-7-5-14(6-8-17)11-16(12-21)19-22-9-10-24-19/h1-10,16H,11-13,21H2. The highest BCUT2D eigenvalue weighted by molar-refractivity contribution is 7.09. The van der Waals surface area contributed by atoms with Crippen LogP contribution in [0.4, 0.5) is 4.39 Å². The molecule has 1 aromatic heterocycles. The zero-order valence-electron chi connectivity index (χ0n) is 13.2. The number of rotatable bonds is 7. The first-order chi connectivity index (χ1) is 11.8. The van der Waals surface area contributed by atoms with E-state index in [1.165, 1.54) is 11.6 Å². The molecular weight excluding hydrogens is 323 g/mol. The molecule has 3 rings (SSSR count). The summed E-state index contributed by atoms with van der Waals surface area (Å²) >= 11 is 1.63. The van der Waals surface area contributed by atoms with E-state index in [9.17, 15) is 4.39 Å². The van der Waals surface area contributed by atoms with Crippen molar-refractivity contribution in [2.45, 2.75) is 18.9 Å². The lowest BCUT2D eigenvalue weighted by Gasteiger charge is -2.13. The molecule has 5 heteroatoms. The average molecular weight is 342 g/mol. The van der Waals surface area contributed by atoms with Crippen LogP contribution in [0.15, 0.2) is 60.1 Å². The summed E-state index contributed by atoms with van der Waals surface area (Å²) in [5.41, 5.74) is 7.60. The van der Waals surface area contributed by atoms with E-state index in [0.29, 0.717) is 12.1 Å². The highest BCUT2D eigenvalue weighted by Gasteiger charge is 2.13. The molecular formula is C19H19FN2OS. The first kappa shape index (κ1) is 16.6. The van der Waals surface area contributed by atoms with Crippen molar-refractivity contribution in [2.24, 2.45) is 5.73 Å². The van der Waals surface area contributed by atoms with Crippen LogP contribution in [-0.4, -0.2) is 11.5 Å². The van der Waals surface area contributed by atoms with Gasteiger partial charge in [0.1, 0.15) is 18.2 Å². The molecule has 3 nitrogen and oxygen atoms in total. The zero-order chi connectivity index (χ0) is 16.8. The topological polar surface area (TPSA) is 48.1 Å². The average Bonchev–Trinajstić information content (AvgIpc) is 3.14. The molecule has 1 unspecified atom stereocenters. The fourth-order valence-electron chi connectivity index (χ4n) is 2.49. The summed E-state index contributed by atoms with van der Waals surface area (Å²) < 4.78 is 19.2. The zero-order valence-corrected chi connectivity index (χ0v) is 14.0. The lowest BCUT2D eigenvalue weighted by molar-refractivity contribution is 0.300. The van der Waals surface area contributed by atoms with Crippen LogP contribution in [0.1, 0.15) is 22.1 Å². The van der Waals surface area contributed by atoms with Crippen LogP contribution < -0.4 is 10.5 Å². The highest BCUT2D eigenvalue weighted by atomic mass is 32.1. The second kappa shape index (κ2) is 8.04. The van der Waals surface area contributed by atoms with Gasteiger partial charge in [-0.3, -0.25) is 0 Å². The van der Waals surface area contributed by atoms with Crippen molar-refractivity contribution in [3.05, 3.63) is 82.1 Å². The molecule has 1 atom stereocenters. The Morgan fingerprint density at radius 1 is 1.12 bits per heavy atom. The van der Waals surface area contributed by atoms with Crippen LogP contribution in [-0.2, 0) is 13.0 Å². The minimum absolute atomic E-state index is 0.219. The number of halogens is 1. The molecule has 2 aromatic carbocycles. The van der Waals surface area contributed by atoms with Gasteiger partial charge in [0.05, 0.1) is 5.01 Å². The number of benzene rings is 2. The van der Waals surface area contributed by atoms with E-state index in [1.807, 2.05) is 35.8 Å². The van der Waals surface area contributed by atoms with E-state index in [4.69, 9.17) is 10.5 Å². The molecule has 0 spiro atoms. The lowest BCUT2D eigenvalue weighted by Crippen LogP contribution is -2.14. The van der Waals surface area contributed by atoms with Crippen LogP contribution >= 0.6 is 11.3 Å². The van der Waals surface area contributed by atoms with Crippen LogP contribution in [0.25, 0.3) is 0 Å². The molecule has 1 heterocycles. The molecule has 0 aliphatic heterocycles. The van der Waals surface area contributed by atoms with Gasteiger partial charge >= 0.3 is 0 Å². The molecule has 0 amide bonds. The number of hydrogen-bond acceptors (Lipinski definition) is 4. The fraction of sp³-hybridized carbons (Fsp3) is 0.211. The van der Waals surface area contributed by atoms with E-state index in [0.717, 1.165) is 17.2 Å². The molecule has 124 valence electrons. The molecule has 3 aromatic rings. The van der Waals surface area contributed by atoms with Gasteiger partial charge < -0.3 is 10.5 Å². The Labute approximate surface area is 144 Å². The first-order valence-corrected chi connectivity index (χ1v) is 8.69. The molecule has 2 N–H and O–H groups in total. The Kier molecular flexibility index (Phi) is 5.56.